The van der Waals surface area contributed by atoms with Crippen molar-refractivity contribution in [3.05, 3.63) is 23.8 Å². The number of benzene rings is 1. The van der Waals surface area contributed by atoms with Crippen LogP contribution in [-0.2, 0) is 17.5 Å². The summed E-state index contributed by atoms with van der Waals surface area (Å²) < 4.78 is 40.8. The van der Waals surface area contributed by atoms with E-state index in [0.29, 0.717) is 29.2 Å². The summed E-state index contributed by atoms with van der Waals surface area (Å²) >= 11 is 1.15. The number of alkyl halides is 3. The van der Waals surface area contributed by atoms with Gasteiger partial charge in [0.1, 0.15) is 5.54 Å². The van der Waals surface area contributed by atoms with Crippen molar-refractivity contribution in [2.75, 3.05) is 5.75 Å². The molecule has 1 N–H and O–H groups in total. The Morgan fingerprint density at radius 2 is 2.07 bits per heavy atom. The number of hydrogen-bond acceptors (Lipinski definition) is 4. The molecule has 152 valence electrons. The molecule has 0 bridgehead atoms. The van der Waals surface area contributed by atoms with Gasteiger partial charge in [-0.25, -0.2) is 4.98 Å². The quantitative estimate of drug-likeness (QED) is 0.674. The Bertz CT molecular complexity index is 901. The Kier molecular flexibility index (Phi) is 6.65. The fourth-order valence-electron chi connectivity index (χ4n) is 2.58. The molecule has 1 amide bonds. The van der Waals surface area contributed by atoms with Crippen LogP contribution in [0.4, 0.5) is 13.2 Å². The number of nitrogens with one attached hydrogen (secondary N) is 1. The van der Waals surface area contributed by atoms with Crippen LogP contribution in [0, 0.1) is 17.2 Å². The molecule has 5 nitrogen and oxygen atoms in total. The number of amides is 1. The number of imidazole rings is 1. The molecule has 2 aromatic rings. The Morgan fingerprint density at radius 3 is 2.61 bits per heavy atom. The highest BCUT2D eigenvalue weighted by Crippen LogP contribution is 2.33. The van der Waals surface area contributed by atoms with Gasteiger partial charge in [0.15, 0.2) is 5.16 Å². The molecule has 0 radical (unpaired) electrons. The lowest BCUT2D eigenvalue weighted by molar-refractivity contribution is -0.137. The topological polar surface area (TPSA) is 70.7 Å². The van der Waals surface area contributed by atoms with E-state index in [1.165, 1.54) is 6.07 Å². The maximum absolute atomic E-state index is 13.0. The van der Waals surface area contributed by atoms with Crippen LogP contribution in [0.2, 0.25) is 0 Å². The predicted octanol–water partition coefficient (Wildman–Crippen LogP) is 4.61. The van der Waals surface area contributed by atoms with E-state index in [-0.39, 0.29) is 17.6 Å². The molecule has 0 aliphatic heterocycles. The maximum atomic E-state index is 13.0. The molecular formula is C19H23F3N4OS. The van der Waals surface area contributed by atoms with Gasteiger partial charge in [0.2, 0.25) is 5.91 Å². The smallest absolute Gasteiger partial charge is 0.337 e. The summed E-state index contributed by atoms with van der Waals surface area (Å²) in [5, 5.41) is 12.5. The van der Waals surface area contributed by atoms with Gasteiger partial charge in [-0.15, -0.1) is 0 Å². The molecule has 0 aliphatic rings. The first-order valence-electron chi connectivity index (χ1n) is 8.94. The van der Waals surface area contributed by atoms with Crippen LogP contribution in [0.25, 0.3) is 11.0 Å². The van der Waals surface area contributed by atoms with E-state index >= 15 is 0 Å². The van der Waals surface area contributed by atoms with E-state index in [4.69, 9.17) is 0 Å². The summed E-state index contributed by atoms with van der Waals surface area (Å²) in [5.74, 6) is -0.380. The van der Waals surface area contributed by atoms with Crippen LogP contribution in [0.3, 0.4) is 0 Å². The van der Waals surface area contributed by atoms with Crippen LogP contribution >= 0.6 is 11.8 Å². The summed E-state index contributed by atoms with van der Waals surface area (Å²) in [6.45, 7) is 7.75. The van der Waals surface area contributed by atoms with Gasteiger partial charge in [-0.1, -0.05) is 32.5 Å². The molecule has 28 heavy (non-hydrogen) atoms. The van der Waals surface area contributed by atoms with Gasteiger partial charge in [0.05, 0.1) is 28.4 Å². The molecule has 0 spiro atoms. The van der Waals surface area contributed by atoms with E-state index in [0.717, 1.165) is 23.9 Å². The number of hydrogen-bond donors (Lipinski definition) is 1. The third-order valence-electron chi connectivity index (χ3n) is 4.61. The second kappa shape index (κ2) is 8.43. The van der Waals surface area contributed by atoms with Crippen molar-refractivity contribution in [2.24, 2.45) is 5.92 Å². The first-order chi connectivity index (χ1) is 13.0. The number of carbonyl (C=O) groups is 1. The molecule has 0 aliphatic carbocycles. The monoisotopic (exact) mass is 412 g/mol. The third-order valence-corrected chi connectivity index (χ3v) is 5.58. The minimum absolute atomic E-state index is 0.0170. The second-order valence-electron chi connectivity index (χ2n) is 7.05. The number of halogens is 3. The zero-order valence-corrected chi connectivity index (χ0v) is 17.0. The first kappa shape index (κ1) is 22.1. The van der Waals surface area contributed by atoms with Crippen LogP contribution < -0.4 is 5.32 Å². The number of thioether (sulfide) groups is 1. The number of aromatic nitrogens is 2. The van der Waals surface area contributed by atoms with Crippen molar-refractivity contribution in [3.63, 3.8) is 0 Å². The standard InChI is InChI=1S/C19H23F3N4OS/c1-5-8-26-15-9-13(19(20,21)22)6-7-14(15)24-17(26)28-10-16(27)25-18(4,11-23)12(2)3/h6-7,9,12H,5,8,10H2,1-4H3,(H,25,27)/t18-/m1/s1. The van der Waals surface area contributed by atoms with Gasteiger partial charge in [-0.05, 0) is 37.5 Å². The highest BCUT2D eigenvalue weighted by Gasteiger charge is 2.32. The number of fused-ring (bicyclic) bond motifs is 1. The lowest BCUT2D eigenvalue weighted by Crippen LogP contribution is -2.49. The van der Waals surface area contributed by atoms with Crippen LogP contribution in [0.5, 0.6) is 0 Å². The first-order valence-corrected chi connectivity index (χ1v) is 9.93. The van der Waals surface area contributed by atoms with Gasteiger partial charge in [0.25, 0.3) is 0 Å². The highest BCUT2D eigenvalue weighted by molar-refractivity contribution is 7.99. The van der Waals surface area contributed by atoms with Gasteiger partial charge in [0, 0.05) is 6.54 Å². The molecular weight excluding hydrogens is 389 g/mol. The Labute approximate surface area is 166 Å². The number of nitriles is 1. The molecule has 0 saturated heterocycles. The lowest BCUT2D eigenvalue weighted by atomic mass is 9.90. The molecule has 9 heteroatoms. The zero-order valence-electron chi connectivity index (χ0n) is 16.2. The van der Waals surface area contributed by atoms with Gasteiger partial charge in [-0.3, -0.25) is 4.79 Å². The molecule has 2 rings (SSSR count). The molecule has 1 heterocycles. The fourth-order valence-corrected chi connectivity index (χ4v) is 3.42. The van der Waals surface area contributed by atoms with Crippen LogP contribution in [0.1, 0.15) is 39.7 Å². The summed E-state index contributed by atoms with van der Waals surface area (Å²) in [4.78, 5) is 16.7. The predicted molar refractivity (Wildman–Crippen MR) is 103 cm³/mol. The van der Waals surface area contributed by atoms with Crippen LogP contribution in [0.15, 0.2) is 23.4 Å². The number of nitrogens with zero attached hydrogens (tertiary/aromatic N) is 3. The third kappa shape index (κ3) is 4.79. The number of rotatable bonds is 7. The Hall–Kier alpha value is -2.21. The van der Waals surface area contributed by atoms with Crippen molar-refractivity contribution in [2.45, 2.75) is 57.5 Å². The minimum Gasteiger partial charge on any atom is -0.337 e. The van der Waals surface area contributed by atoms with E-state index in [9.17, 15) is 23.2 Å². The highest BCUT2D eigenvalue weighted by atomic mass is 32.2. The summed E-state index contributed by atoms with van der Waals surface area (Å²) in [6, 6.07) is 5.56. The molecule has 1 aromatic carbocycles. The molecule has 0 saturated carbocycles. The molecule has 0 fully saturated rings. The van der Waals surface area contributed by atoms with Gasteiger partial charge in [-0.2, -0.15) is 18.4 Å². The average molecular weight is 412 g/mol. The summed E-state index contributed by atoms with van der Waals surface area (Å²) in [7, 11) is 0. The van der Waals surface area contributed by atoms with Crippen molar-refractivity contribution >= 4 is 28.7 Å². The number of carbonyl (C=O) groups excluding carboxylic acids is 1. The Morgan fingerprint density at radius 1 is 1.39 bits per heavy atom. The van der Waals surface area contributed by atoms with Crippen molar-refractivity contribution in [3.8, 4) is 6.07 Å². The van der Waals surface area contributed by atoms with E-state index < -0.39 is 17.3 Å². The van der Waals surface area contributed by atoms with Crippen LogP contribution in [-0.4, -0.2) is 26.8 Å². The minimum atomic E-state index is -4.43. The normalized spacial score (nSPS) is 14.1. The van der Waals surface area contributed by atoms with E-state index in [2.05, 4.69) is 16.4 Å². The fraction of sp³-hybridized carbons (Fsp3) is 0.526. The van der Waals surface area contributed by atoms with E-state index in [1.54, 1.807) is 11.5 Å². The summed E-state index contributed by atoms with van der Waals surface area (Å²) in [6.07, 6.45) is -3.72. The average Bonchev–Trinajstić information content (AvgIpc) is 2.96. The zero-order chi connectivity index (χ0) is 21.1. The second-order valence-corrected chi connectivity index (χ2v) is 8.00. The summed E-state index contributed by atoms with van der Waals surface area (Å²) in [5.41, 5.74) is -0.867. The maximum Gasteiger partial charge on any atom is 0.416 e. The van der Waals surface area contributed by atoms with Crippen molar-refractivity contribution < 1.29 is 18.0 Å². The Balaban J connectivity index is 2.26. The van der Waals surface area contributed by atoms with Crippen molar-refractivity contribution in [1.29, 1.82) is 5.26 Å². The van der Waals surface area contributed by atoms with Gasteiger partial charge >= 0.3 is 6.18 Å². The number of aryl methyl sites for hydroxylation is 1. The molecule has 0 unspecified atom stereocenters. The molecule has 1 aromatic heterocycles. The molecule has 1 atom stereocenters. The van der Waals surface area contributed by atoms with E-state index in [1.807, 2.05) is 20.8 Å². The van der Waals surface area contributed by atoms with Crippen molar-refractivity contribution in [1.82, 2.24) is 14.9 Å². The van der Waals surface area contributed by atoms with Gasteiger partial charge < -0.3 is 9.88 Å². The largest absolute Gasteiger partial charge is 0.416 e. The SMILES string of the molecule is CCCn1c(SCC(=O)N[C@](C)(C#N)C(C)C)nc2ccc(C(F)(F)F)cc21. The lowest BCUT2D eigenvalue weighted by Gasteiger charge is -2.27.